The van der Waals surface area contributed by atoms with Gasteiger partial charge in [0.2, 0.25) is 5.79 Å². The standard InChI is InChI=1S/C15H24O3/c1-5-11(3)15(4)17-10-12-9-13(16-6-2)7-8-14(12)18-15/h7-8,11,13H,5-6,9-10H2,1-4H3. The fraction of sp³-hybridized carbons (Fsp3) is 0.733. The molecule has 1 aliphatic carbocycles. The molecule has 0 amide bonds. The van der Waals surface area contributed by atoms with E-state index in [-0.39, 0.29) is 6.10 Å². The van der Waals surface area contributed by atoms with E-state index in [1.54, 1.807) is 0 Å². The van der Waals surface area contributed by atoms with Crippen molar-refractivity contribution in [2.24, 2.45) is 5.92 Å². The molecule has 0 saturated carbocycles. The highest BCUT2D eigenvalue weighted by molar-refractivity contribution is 5.29. The molecule has 3 atom stereocenters. The number of hydrogen-bond acceptors (Lipinski definition) is 3. The lowest BCUT2D eigenvalue weighted by atomic mass is 9.95. The molecule has 0 radical (unpaired) electrons. The van der Waals surface area contributed by atoms with Gasteiger partial charge in [-0.1, -0.05) is 19.9 Å². The van der Waals surface area contributed by atoms with E-state index in [1.807, 2.05) is 19.9 Å². The van der Waals surface area contributed by atoms with Gasteiger partial charge in [-0.3, -0.25) is 0 Å². The van der Waals surface area contributed by atoms with Crippen LogP contribution < -0.4 is 0 Å². The van der Waals surface area contributed by atoms with Crippen molar-refractivity contribution >= 4 is 0 Å². The molecule has 0 spiro atoms. The molecule has 0 aromatic carbocycles. The monoisotopic (exact) mass is 252 g/mol. The van der Waals surface area contributed by atoms with Crippen LogP contribution in [0.4, 0.5) is 0 Å². The number of hydrogen-bond donors (Lipinski definition) is 0. The molecule has 18 heavy (non-hydrogen) atoms. The van der Waals surface area contributed by atoms with E-state index in [4.69, 9.17) is 14.2 Å². The van der Waals surface area contributed by atoms with Crippen molar-refractivity contribution in [3.63, 3.8) is 0 Å². The summed E-state index contributed by atoms with van der Waals surface area (Å²) in [6.45, 7) is 9.78. The second-order valence-electron chi connectivity index (χ2n) is 5.24. The second-order valence-corrected chi connectivity index (χ2v) is 5.24. The molecule has 3 nitrogen and oxygen atoms in total. The predicted molar refractivity (Wildman–Crippen MR) is 71.1 cm³/mol. The molecule has 0 N–H and O–H groups in total. The highest BCUT2D eigenvalue weighted by Crippen LogP contribution is 2.37. The van der Waals surface area contributed by atoms with Gasteiger partial charge in [0.25, 0.3) is 0 Å². The summed E-state index contributed by atoms with van der Waals surface area (Å²) in [4.78, 5) is 0. The van der Waals surface area contributed by atoms with Crippen LogP contribution in [-0.4, -0.2) is 25.1 Å². The van der Waals surface area contributed by atoms with Gasteiger partial charge in [-0.25, -0.2) is 0 Å². The zero-order valence-corrected chi connectivity index (χ0v) is 11.9. The molecule has 2 aliphatic rings. The number of rotatable bonds is 4. The molecular weight excluding hydrogens is 228 g/mol. The van der Waals surface area contributed by atoms with Crippen molar-refractivity contribution in [3.8, 4) is 0 Å². The quantitative estimate of drug-likeness (QED) is 0.767. The molecule has 0 fully saturated rings. The van der Waals surface area contributed by atoms with Gasteiger partial charge in [-0.2, -0.15) is 0 Å². The van der Waals surface area contributed by atoms with E-state index in [9.17, 15) is 0 Å². The lowest BCUT2D eigenvalue weighted by Gasteiger charge is -2.41. The first kappa shape index (κ1) is 13.6. The van der Waals surface area contributed by atoms with Crippen molar-refractivity contribution in [2.75, 3.05) is 13.2 Å². The third-order valence-corrected chi connectivity index (χ3v) is 3.99. The molecule has 0 aromatic rings. The number of allylic oxidation sites excluding steroid dienone is 1. The molecule has 2 rings (SSSR count). The third kappa shape index (κ3) is 2.62. The zero-order valence-electron chi connectivity index (χ0n) is 11.9. The largest absolute Gasteiger partial charge is 0.462 e. The van der Waals surface area contributed by atoms with Crippen molar-refractivity contribution < 1.29 is 14.2 Å². The second kappa shape index (κ2) is 5.45. The summed E-state index contributed by atoms with van der Waals surface area (Å²) in [6, 6.07) is 0. The van der Waals surface area contributed by atoms with Gasteiger partial charge < -0.3 is 14.2 Å². The first-order chi connectivity index (χ1) is 8.59. The van der Waals surface area contributed by atoms with Crippen molar-refractivity contribution in [1.29, 1.82) is 0 Å². The van der Waals surface area contributed by atoms with E-state index >= 15 is 0 Å². The first-order valence-corrected chi connectivity index (χ1v) is 6.93. The van der Waals surface area contributed by atoms with E-state index in [0.717, 1.165) is 25.2 Å². The van der Waals surface area contributed by atoms with E-state index in [2.05, 4.69) is 19.9 Å². The summed E-state index contributed by atoms with van der Waals surface area (Å²) in [7, 11) is 0. The van der Waals surface area contributed by atoms with E-state index in [1.165, 1.54) is 5.57 Å². The Morgan fingerprint density at radius 3 is 2.94 bits per heavy atom. The maximum Gasteiger partial charge on any atom is 0.210 e. The van der Waals surface area contributed by atoms with Crippen molar-refractivity contribution in [2.45, 2.75) is 52.4 Å². The van der Waals surface area contributed by atoms with Gasteiger partial charge in [0.1, 0.15) is 5.76 Å². The fourth-order valence-electron chi connectivity index (χ4n) is 2.38. The summed E-state index contributed by atoms with van der Waals surface area (Å²) >= 11 is 0. The van der Waals surface area contributed by atoms with Crippen LogP contribution >= 0.6 is 0 Å². The first-order valence-electron chi connectivity index (χ1n) is 6.93. The average Bonchev–Trinajstić information content (AvgIpc) is 2.38. The minimum Gasteiger partial charge on any atom is -0.462 e. The van der Waals surface area contributed by atoms with Crippen LogP contribution in [0.1, 0.15) is 40.5 Å². The predicted octanol–water partition coefficient (Wildman–Crippen LogP) is 3.41. The minimum atomic E-state index is -0.490. The summed E-state index contributed by atoms with van der Waals surface area (Å²) in [5.41, 5.74) is 1.22. The Labute approximate surface area is 110 Å². The maximum atomic E-state index is 6.07. The summed E-state index contributed by atoms with van der Waals surface area (Å²) in [6.07, 6.45) is 6.24. The highest BCUT2D eigenvalue weighted by Gasteiger charge is 2.38. The van der Waals surface area contributed by atoms with Crippen LogP contribution in [0, 0.1) is 5.92 Å². The molecule has 0 aromatic heterocycles. The highest BCUT2D eigenvalue weighted by atomic mass is 16.7. The number of ether oxygens (including phenoxy) is 3. The molecule has 0 bridgehead atoms. The van der Waals surface area contributed by atoms with Gasteiger partial charge in [0.05, 0.1) is 12.7 Å². The van der Waals surface area contributed by atoms with Crippen LogP contribution in [0.15, 0.2) is 23.5 Å². The Hall–Kier alpha value is -0.800. The van der Waals surface area contributed by atoms with Gasteiger partial charge in [0, 0.05) is 31.4 Å². The Bertz CT molecular complexity index is 359. The van der Waals surface area contributed by atoms with E-state index in [0.29, 0.717) is 12.5 Å². The van der Waals surface area contributed by atoms with Crippen LogP contribution in [0.2, 0.25) is 0 Å². The average molecular weight is 252 g/mol. The normalized spacial score (nSPS) is 33.0. The van der Waals surface area contributed by atoms with Gasteiger partial charge in [-0.05, 0) is 19.4 Å². The van der Waals surface area contributed by atoms with Crippen LogP contribution in [0.25, 0.3) is 0 Å². The minimum absolute atomic E-state index is 0.175. The zero-order chi connectivity index (χ0) is 13.2. The molecule has 1 heterocycles. The summed E-state index contributed by atoms with van der Waals surface area (Å²) in [5, 5.41) is 0. The lowest BCUT2D eigenvalue weighted by molar-refractivity contribution is -0.240. The van der Waals surface area contributed by atoms with Crippen LogP contribution in [-0.2, 0) is 14.2 Å². The molecule has 0 saturated heterocycles. The van der Waals surface area contributed by atoms with Gasteiger partial charge in [-0.15, -0.1) is 0 Å². The molecule has 3 heteroatoms. The van der Waals surface area contributed by atoms with Crippen molar-refractivity contribution in [1.82, 2.24) is 0 Å². The summed E-state index contributed by atoms with van der Waals surface area (Å²) in [5.74, 6) is 0.876. The lowest BCUT2D eigenvalue weighted by Crippen LogP contribution is -2.43. The molecule has 102 valence electrons. The molecular formula is C15H24O3. The Balaban J connectivity index is 2.07. The summed E-state index contributed by atoms with van der Waals surface area (Å²) < 4.78 is 17.6. The fourth-order valence-corrected chi connectivity index (χ4v) is 2.38. The molecule has 3 unspecified atom stereocenters. The maximum absolute atomic E-state index is 6.07. The third-order valence-electron chi connectivity index (χ3n) is 3.99. The van der Waals surface area contributed by atoms with Crippen molar-refractivity contribution in [3.05, 3.63) is 23.5 Å². The smallest absolute Gasteiger partial charge is 0.210 e. The topological polar surface area (TPSA) is 27.7 Å². The Morgan fingerprint density at radius 2 is 2.28 bits per heavy atom. The van der Waals surface area contributed by atoms with Crippen LogP contribution in [0.5, 0.6) is 0 Å². The van der Waals surface area contributed by atoms with E-state index < -0.39 is 5.79 Å². The van der Waals surface area contributed by atoms with Gasteiger partial charge >= 0.3 is 0 Å². The SMILES string of the molecule is CCOC1C=CC2=C(COC(C)(C(C)CC)O2)C1. The Kier molecular flexibility index (Phi) is 4.13. The van der Waals surface area contributed by atoms with Gasteiger partial charge in [0.15, 0.2) is 0 Å². The molecule has 1 aliphatic heterocycles. The Morgan fingerprint density at radius 1 is 1.50 bits per heavy atom. The van der Waals surface area contributed by atoms with Crippen LogP contribution in [0.3, 0.4) is 0 Å².